The number of hydrogen-bond acceptors (Lipinski definition) is 7. The van der Waals surface area contributed by atoms with Crippen molar-refractivity contribution in [2.75, 3.05) is 43.6 Å². The first-order chi connectivity index (χ1) is 10.2. The maximum atomic E-state index is 5.45. The van der Waals surface area contributed by atoms with E-state index in [1.54, 1.807) is 0 Å². The van der Waals surface area contributed by atoms with E-state index in [1.165, 1.54) is 0 Å². The lowest BCUT2D eigenvalue weighted by atomic mass is 10.1. The van der Waals surface area contributed by atoms with E-state index in [1.807, 2.05) is 14.0 Å². The molecule has 118 valence electrons. The first-order valence-electron chi connectivity index (χ1n) is 7.68. The molecule has 0 unspecified atom stereocenters. The number of anilines is 2. The van der Waals surface area contributed by atoms with Gasteiger partial charge in [-0.15, -0.1) is 0 Å². The van der Waals surface area contributed by atoms with E-state index in [0.29, 0.717) is 30.6 Å². The average molecular weight is 295 g/mol. The molecule has 1 aromatic rings. The van der Waals surface area contributed by atoms with Gasteiger partial charge in [0, 0.05) is 32.8 Å². The van der Waals surface area contributed by atoms with E-state index in [4.69, 9.17) is 9.47 Å². The fourth-order valence-corrected chi connectivity index (χ4v) is 2.25. The van der Waals surface area contributed by atoms with Crippen molar-refractivity contribution in [3.63, 3.8) is 0 Å². The minimum absolute atomic E-state index is 0.375. The van der Waals surface area contributed by atoms with E-state index < -0.39 is 0 Å². The van der Waals surface area contributed by atoms with Crippen LogP contribution in [0.1, 0.15) is 33.1 Å². The highest BCUT2D eigenvalue weighted by molar-refractivity contribution is 5.38. The topological polar surface area (TPSA) is 72.4 Å². The average Bonchev–Trinajstić information content (AvgIpc) is 2.53. The molecular formula is C14H25N5O2. The SMILES string of the molecule is CCCNc1nc(OCC)nc(N(C)C2CCOCC2)n1. The number of hydrogen-bond donors (Lipinski definition) is 1. The normalized spacial score (nSPS) is 15.8. The largest absolute Gasteiger partial charge is 0.464 e. The molecule has 7 nitrogen and oxygen atoms in total. The molecule has 0 aliphatic carbocycles. The van der Waals surface area contributed by atoms with Gasteiger partial charge in [0.1, 0.15) is 0 Å². The zero-order chi connectivity index (χ0) is 15.1. The predicted octanol–water partition coefficient (Wildman–Crippen LogP) is 1.71. The second-order valence-corrected chi connectivity index (χ2v) is 5.06. The zero-order valence-electron chi connectivity index (χ0n) is 13.1. The molecule has 0 saturated carbocycles. The van der Waals surface area contributed by atoms with Gasteiger partial charge in [0.2, 0.25) is 11.9 Å². The molecule has 1 N–H and O–H groups in total. The minimum atomic E-state index is 0.375. The first kappa shape index (κ1) is 15.8. The van der Waals surface area contributed by atoms with E-state index >= 15 is 0 Å². The van der Waals surface area contributed by atoms with Gasteiger partial charge in [-0.1, -0.05) is 6.92 Å². The highest BCUT2D eigenvalue weighted by Crippen LogP contribution is 2.20. The molecule has 1 aromatic heterocycles. The lowest BCUT2D eigenvalue weighted by Gasteiger charge is -2.31. The second kappa shape index (κ2) is 7.97. The Labute approximate surface area is 126 Å². The van der Waals surface area contributed by atoms with Crippen LogP contribution in [0.4, 0.5) is 11.9 Å². The Kier molecular flexibility index (Phi) is 5.98. The second-order valence-electron chi connectivity index (χ2n) is 5.06. The summed E-state index contributed by atoms with van der Waals surface area (Å²) in [5.41, 5.74) is 0. The predicted molar refractivity (Wildman–Crippen MR) is 82.0 cm³/mol. The van der Waals surface area contributed by atoms with Crippen LogP contribution in [0.25, 0.3) is 0 Å². The molecular weight excluding hydrogens is 270 g/mol. The third-order valence-electron chi connectivity index (χ3n) is 3.46. The summed E-state index contributed by atoms with van der Waals surface area (Å²) in [4.78, 5) is 15.3. The van der Waals surface area contributed by atoms with E-state index in [-0.39, 0.29) is 0 Å². The molecule has 2 heterocycles. The summed E-state index contributed by atoms with van der Waals surface area (Å²) in [5, 5.41) is 3.20. The molecule has 0 amide bonds. The van der Waals surface area contributed by atoms with Crippen LogP contribution in [0.15, 0.2) is 0 Å². The minimum Gasteiger partial charge on any atom is -0.464 e. The third kappa shape index (κ3) is 4.42. The molecule has 0 aromatic carbocycles. The Morgan fingerprint density at radius 3 is 2.67 bits per heavy atom. The summed E-state index contributed by atoms with van der Waals surface area (Å²) in [6.45, 7) is 6.98. The van der Waals surface area contributed by atoms with Gasteiger partial charge < -0.3 is 19.7 Å². The van der Waals surface area contributed by atoms with Crippen LogP contribution in [0.2, 0.25) is 0 Å². The van der Waals surface area contributed by atoms with Crippen molar-refractivity contribution >= 4 is 11.9 Å². The van der Waals surface area contributed by atoms with Gasteiger partial charge in [-0.2, -0.15) is 15.0 Å². The summed E-state index contributed by atoms with van der Waals surface area (Å²) in [6.07, 6.45) is 2.99. The van der Waals surface area contributed by atoms with Crippen molar-refractivity contribution in [3.05, 3.63) is 0 Å². The molecule has 2 rings (SSSR count). The number of nitrogens with one attached hydrogen (secondary N) is 1. The van der Waals surface area contributed by atoms with Gasteiger partial charge in [0.15, 0.2) is 0 Å². The van der Waals surface area contributed by atoms with Gasteiger partial charge in [0.25, 0.3) is 0 Å². The van der Waals surface area contributed by atoms with E-state index in [0.717, 1.165) is 39.0 Å². The van der Waals surface area contributed by atoms with Crippen LogP contribution in [0, 0.1) is 0 Å². The summed E-state index contributed by atoms with van der Waals surface area (Å²) in [5.74, 6) is 1.23. The summed E-state index contributed by atoms with van der Waals surface area (Å²) >= 11 is 0. The lowest BCUT2D eigenvalue weighted by Crippen LogP contribution is -2.37. The molecule has 0 spiro atoms. The Bertz CT molecular complexity index is 437. The molecule has 0 atom stereocenters. The van der Waals surface area contributed by atoms with Gasteiger partial charge in [0.05, 0.1) is 6.61 Å². The summed E-state index contributed by atoms with van der Waals surface area (Å²) in [7, 11) is 2.02. The number of aromatic nitrogens is 3. The monoisotopic (exact) mass is 295 g/mol. The number of rotatable bonds is 7. The van der Waals surface area contributed by atoms with Crippen molar-refractivity contribution in [1.82, 2.24) is 15.0 Å². The van der Waals surface area contributed by atoms with E-state index in [9.17, 15) is 0 Å². The molecule has 0 bridgehead atoms. The molecule has 7 heteroatoms. The fraction of sp³-hybridized carbons (Fsp3) is 0.786. The Morgan fingerprint density at radius 2 is 2.00 bits per heavy atom. The van der Waals surface area contributed by atoms with Crippen LogP contribution < -0.4 is 15.0 Å². The maximum Gasteiger partial charge on any atom is 0.323 e. The Balaban J connectivity index is 2.16. The van der Waals surface area contributed by atoms with Crippen LogP contribution in [-0.4, -0.2) is 54.4 Å². The smallest absolute Gasteiger partial charge is 0.323 e. The van der Waals surface area contributed by atoms with Crippen molar-refractivity contribution in [2.24, 2.45) is 0 Å². The maximum absolute atomic E-state index is 5.45. The number of nitrogens with zero attached hydrogens (tertiary/aromatic N) is 4. The Hall–Kier alpha value is -1.63. The molecule has 1 aliphatic heterocycles. The molecule has 1 fully saturated rings. The lowest BCUT2D eigenvalue weighted by molar-refractivity contribution is 0.0852. The number of ether oxygens (including phenoxy) is 2. The van der Waals surface area contributed by atoms with Crippen molar-refractivity contribution in [2.45, 2.75) is 39.2 Å². The quantitative estimate of drug-likeness (QED) is 0.821. The summed E-state index contributed by atoms with van der Waals surface area (Å²) < 4.78 is 10.9. The first-order valence-corrected chi connectivity index (χ1v) is 7.68. The summed E-state index contributed by atoms with van der Waals surface area (Å²) in [6, 6.07) is 0.773. The van der Waals surface area contributed by atoms with Crippen molar-refractivity contribution < 1.29 is 9.47 Å². The fourth-order valence-electron chi connectivity index (χ4n) is 2.25. The third-order valence-corrected chi connectivity index (χ3v) is 3.46. The standard InChI is InChI=1S/C14H25N5O2/c1-4-8-15-12-16-13(18-14(17-12)21-5-2)19(3)11-6-9-20-10-7-11/h11H,4-10H2,1-3H3,(H,15,16,17,18). The molecule has 1 saturated heterocycles. The van der Waals surface area contributed by atoms with Gasteiger partial charge in [-0.3, -0.25) is 0 Å². The van der Waals surface area contributed by atoms with Gasteiger partial charge >= 0.3 is 6.01 Å². The van der Waals surface area contributed by atoms with Crippen LogP contribution in [0.5, 0.6) is 6.01 Å². The molecule has 0 radical (unpaired) electrons. The van der Waals surface area contributed by atoms with Crippen LogP contribution in [0.3, 0.4) is 0 Å². The van der Waals surface area contributed by atoms with Crippen molar-refractivity contribution in [3.8, 4) is 6.01 Å². The zero-order valence-corrected chi connectivity index (χ0v) is 13.1. The Morgan fingerprint density at radius 1 is 1.24 bits per heavy atom. The van der Waals surface area contributed by atoms with Gasteiger partial charge in [-0.05, 0) is 26.2 Å². The highest BCUT2D eigenvalue weighted by Gasteiger charge is 2.22. The van der Waals surface area contributed by atoms with Gasteiger partial charge in [-0.25, -0.2) is 0 Å². The molecule has 1 aliphatic rings. The van der Waals surface area contributed by atoms with Crippen LogP contribution in [-0.2, 0) is 4.74 Å². The highest BCUT2D eigenvalue weighted by atomic mass is 16.5. The van der Waals surface area contributed by atoms with Crippen LogP contribution >= 0.6 is 0 Å². The van der Waals surface area contributed by atoms with E-state index in [2.05, 4.69) is 32.1 Å². The molecule has 21 heavy (non-hydrogen) atoms. The van der Waals surface area contributed by atoms with Crippen molar-refractivity contribution in [1.29, 1.82) is 0 Å².